The van der Waals surface area contributed by atoms with Gasteiger partial charge in [0.05, 0.1) is 24.1 Å². The van der Waals surface area contributed by atoms with E-state index in [-0.39, 0.29) is 23.6 Å². The third-order valence-corrected chi connectivity index (χ3v) is 5.24. The first kappa shape index (κ1) is 20.4. The summed E-state index contributed by atoms with van der Waals surface area (Å²) in [5.41, 5.74) is 2.83. The Bertz CT molecular complexity index is 937. The largest absolute Gasteiger partial charge is 0.469 e. The van der Waals surface area contributed by atoms with E-state index in [0.29, 0.717) is 11.4 Å². The molecule has 2 rings (SSSR count). The Morgan fingerprint density at radius 2 is 1.67 bits per heavy atom. The normalized spacial score (nSPS) is 10.9. The zero-order valence-electron chi connectivity index (χ0n) is 15.4. The minimum absolute atomic E-state index is 0.0129. The number of ether oxygens (including phenoxy) is 1. The van der Waals surface area contributed by atoms with Crippen molar-refractivity contribution < 1.29 is 22.7 Å². The van der Waals surface area contributed by atoms with E-state index >= 15 is 0 Å². The second-order valence-corrected chi connectivity index (χ2v) is 7.75. The summed E-state index contributed by atoms with van der Waals surface area (Å²) in [6, 6.07) is 11.2. The Kier molecular flexibility index (Phi) is 6.57. The molecule has 0 fully saturated rings. The highest BCUT2D eigenvalue weighted by molar-refractivity contribution is 7.92. The molecule has 0 aliphatic carbocycles. The molecule has 1 amide bonds. The van der Waals surface area contributed by atoms with Crippen molar-refractivity contribution in [2.45, 2.75) is 31.6 Å². The molecule has 0 saturated heterocycles. The Labute approximate surface area is 158 Å². The smallest absolute Gasteiger partial charge is 0.306 e. The van der Waals surface area contributed by atoms with Crippen molar-refractivity contribution in [3.63, 3.8) is 0 Å². The number of carbonyl (C=O) groups excluding carboxylic acids is 2. The molecule has 27 heavy (non-hydrogen) atoms. The predicted octanol–water partition coefficient (Wildman–Crippen LogP) is 3.00. The van der Waals surface area contributed by atoms with Crippen LogP contribution in [0.25, 0.3) is 0 Å². The number of esters is 1. The maximum atomic E-state index is 12.5. The van der Waals surface area contributed by atoms with Crippen LogP contribution in [0.15, 0.2) is 47.4 Å². The Morgan fingerprint density at radius 1 is 1.00 bits per heavy atom. The number of hydrogen-bond donors (Lipinski definition) is 2. The SMILES string of the molecule is COC(=O)CCC(=O)Nc1ccc(S(=O)(=O)Nc2ccc(C)cc2C)cc1. The molecule has 2 aromatic rings. The fourth-order valence-electron chi connectivity index (χ4n) is 2.39. The molecule has 2 aromatic carbocycles. The van der Waals surface area contributed by atoms with Crippen LogP contribution in [0.5, 0.6) is 0 Å². The standard InChI is InChI=1S/C19H22N2O5S/c1-13-4-9-17(14(2)12-13)21-27(24,25)16-7-5-15(6-8-16)20-18(22)10-11-19(23)26-3/h4-9,12,21H,10-11H2,1-3H3,(H,20,22). The van der Waals surface area contributed by atoms with E-state index < -0.39 is 16.0 Å². The minimum Gasteiger partial charge on any atom is -0.469 e. The van der Waals surface area contributed by atoms with Crippen LogP contribution in [0.3, 0.4) is 0 Å². The molecule has 0 unspecified atom stereocenters. The van der Waals surface area contributed by atoms with Crippen LogP contribution >= 0.6 is 0 Å². The number of rotatable bonds is 7. The third-order valence-electron chi connectivity index (χ3n) is 3.86. The summed E-state index contributed by atoms with van der Waals surface area (Å²) in [5.74, 6) is -0.825. The van der Waals surface area contributed by atoms with E-state index in [1.54, 1.807) is 6.07 Å². The monoisotopic (exact) mass is 390 g/mol. The van der Waals surface area contributed by atoms with Gasteiger partial charge >= 0.3 is 5.97 Å². The van der Waals surface area contributed by atoms with Crippen LogP contribution in [-0.2, 0) is 24.3 Å². The van der Waals surface area contributed by atoms with Crippen LogP contribution < -0.4 is 10.0 Å². The lowest BCUT2D eigenvalue weighted by molar-refractivity contribution is -0.141. The highest BCUT2D eigenvalue weighted by atomic mass is 32.2. The molecule has 0 saturated carbocycles. The summed E-state index contributed by atoms with van der Waals surface area (Å²) in [4.78, 5) is 22.9. The van der Waals surface area contributed by atoms with Crippen molar-refractivity contribution in [3.05, 3.63) is 53.6 Å². The fourth-order valence-corrected chi connectivity index (χ4v) is 3.52. The molecule has 0 aromatic heterocycles. The number of methoxy groups -OCH3 is 1. The molecule has 0 heterocycles. The van der Waals surface area contributed by atoms with Crippen molar-refractivity contribution >= 4 is 33.3 Å². The average Bonchev–Trinajstić information content (AvgIpc) is 2.62. The number of amides is 1. The highest BCUT2D eigenvalue weighted by Gasteiger charge is 2.15. The average molecular weight is 390 g/mol. The molecule has 0 radical (unpaired) electrons. The number of sulfonamides is 1. The second kappa shape index (κ2) is 8.68. The van der Waals surface area contributed by atoms with Crippen molar-refractivity contribution in [1.82, 2.24) is 0 Å². The Balaban J connectivity index is 2.04. The second-order valence-electron chi connectivity index (χ2n) is 6.07. The molecule has 0 aliphatic heterocycles. The topological polar surface area (TPSA) is 102 Å². The predicted molar refractivity (Wildman–Crippen MR) is 103 cm³/mol. The molecule has 0 atom stereocenters. The number of benzene rings is 2. The first-order chi connectivity index (χ1) is 12.7. The van der Waals surface area contributed by atoms with Gasteiger partial charge in [-0.05, 0) is 49.7 Å². The van der Waals surface area contributed by atoms with Crippen LogP contribution in [0.2, 0.25) is 0 Å². The zero-order chi connectivity index (χ0) is 20.0. The fraction of sp³-hybridized carbons (Fsp3) is 0.263. The van der Waals surface area contributed by atoms with E-state index in [1.807, 2.05) is 26.0 Å². The van der Waals surface area contributed by atoms with Crippen molar-refractivity contribution in [3.8, 4) is 0 Å². The minimum atomic E-state index is -3.74. The van der Waals surface area contributed by atoms with Crippen LogP contribution in [-0.4, -0.2) is 27.4 Å². The van der Waals surface area contributed by atoms with Gasteiger partial charge in [-0.3, -0.25) is 14.3 Å². The summed E-state index contributed by atoms with van der Waals surface area (Å²) in [6.07, 6.45) is -0.0321. The molecular formula is C19H22N2O5S. The molecule has 2 N–H and O–H groups in total. The summed E-state index contributed by atoms with van der Waals surface area (Å²) in [6.45, 7) is 3.77. The first-order valence-electron chi connectivity index (χ1n) is 8.28. The van der Waals surface area contributed by atoms with Gasteiger partial charge in [-0.15, -0.1) is 0 Å². The van der Waals surface area contributed by atoms with Gasteiger partial charge < -0.3 is 10.1 Å². The van der Waals surface area contributed by atoms with Gasteiger partial charge in [0.2, 0.25) is 5.91 Å². The van der Waals surface area contributed by atoms with E-state index in [0.717, 1.165) is 11.1 Å². The molecule has 144 valence electrons. The van der Waals surface area contributed by atoms with E-state index in [1.165, 1.54) is 31.4 Å². The number of anilines is 2. The van der Waals surface area contributed by atoms with E-state index in [2.05, 4.69) is 14.8 Å². The zero-order valence-corrected chi connectivity index (χ0v) is 16.2. The molecular weight excluding hydrogens is 368 g/mol. The summed E-state index contributed by atoms with van der Waals surface area (Å²) < 4.78 is 32.1. The van der Waals surface area contributed by atoms with Gasteiger partial charge in [-0.1, -0.05) is 17.7 Å². The molecule has 0 bridgehead atoms. The summed E-state index contributed by atoms with van der Waals surface area (Å²) in [7, 11) is -2.49. The molecule has 7 nitrogen and oxygen atoms in total. The van der Waals surface area contributed by atoms with E-state index in [4.69, 9.17) is 0 Å². The van der Waals surface area contributed by atoms with Crippen LogP contribution in [0.4, 0.5) is 11.4 Å². The number of carbonyl (C=O) groups is 2. The van der Waals surface area contributed by atoms with Gasteiger partial charge in [-0.2, -0.15) is 0 Å². The number of nitrogens with one attached hydrogen (secondary N) is 2. The molecule has 0 aliphatic rings. The van der Waals surface area contributed by atoms with Gasteiger partial charge in [0.25, 0.3) is 10.0 Å². The summed E-state index contributed by atoms with van der Waals surface area (Å²) in [5, 5.41) is 2.60. The summed E-state index contributed by atoms with van der Waals surface area (Å²) >= 11 is 0. The highest BCUT2D eigenvalue weighted by Crippen LogP contribution is 2.22. The quantitative estimate of drug-likeness (QED) is 0.708. The lowest BCUT2D eigenvalue weighted by Gasteiger charge is -2.12. The lowest BCUT2D eigenvalue weighted by Crippen LogP contribution is -2.15. The number of aryl methyl sites for hydroxylation is 2. The van der Waals surface area contributed by atoms with Crippen LogP contribution in [0.1, 0.15) is 24.0 Å². The van der Waals surface area contributed by atoms with Gasteiger partial charge in [0.1, 0.15) is 0 Å². The van der Waals surface area contributed by atoms with Crippen molar-refractivity contribution in [1.29, 1.82) is 0 Å². The van der Waals surface area contributed by atoms with Gasteiger partial charge in [-0.25, -0.2) is 8.42 Å². The van der Waals surface area contributed by atoms with Crippen molar-refractivity contribution in [2.75, 3.05) is 17.1 Å². The lowest BCUT2D eigenvalue weighted by atomic mass is 10.1. The maximum absolute atomic E-state index is 12.5. The van der Waals surface area contributed by atoms with E-state index in [9.17, 15) is 18.0 Å². The van der Waals surface area contributed by atoms with Crippen molar-refractivity contribution in [2.24, 2.45) is 0 Å². The molecule has 8 heteroatoms. The third kappa shape index (κ3) is 5.82. The molecule has 0 spiro atoms. The van der Waals surface area contributed by atoms with Gasteiger partial charge in [0, 0.05) is 12.1 Å². The Hall–Kier alpha value is -2.87. The first-order valence-corrected chi connectivity index (χ1v) is 9.76. The van der Waals surface area contributed by atoms with Crippen LogP contribution in [0, 0.1) is 13.8 Å². The van der Waals surface area contributed by atoms with Gasteiger partial charge in [0.15, 0.2) is 0 Å². The number of hydrogen-bond acceptors (Lipinski definition) is 5. The maximum Gasteiger partial charge on any atom is 0.306 e. The Morgan fingerprint density at radius 3 is 2.26 bits per heavy atom.